The summed E-state index contributed by atoms with van der Waals surface area (Å²) in [6.07, 6.45) is 1.07. The molecule has 2 fully saturated rings. The van der Waals surface area contributed by atoms with Crippen molar-refractivity contribution < 1.29 is 24.2 Å². The number of carboxylic acids is 1. The quantitative estimate of drug-likeness (QED) is 0.681. The van der Waals surface area contributed by atoms with Crippen molar-refractivity contribution in [2.24, 2.45) is 0 Å². The Balaban J connectivity index is 1.70. The van der Waals surface area contributed by atoms with E-state index < -0.39 is 12.1 Å². The first kappa shape index (κ1) is 15.2. The fourth-order valence-electron chi connectivity index (χ4n) is 2.61. The molecule has 1 amide bonds. The Labute approximate surface area is 118 Å². The van der Waals surface area contributed by atoms with Crippen LogP contribution >= 0.6 is 0 Å². The van der Waals surface area contributed by atoms with E-state index in [-0.39, 0.29) is 24.5 Å². The molecule has 1 saturated heterocycles. The molecule has 1 unspecified atom stereocenters. The Bertz CT molecular complexity index is 351. The molecule has 1 aliphatic heterocycles. The van der Waals surface area contributed by atoms with Crippen LogP contribution in [0.15, 0.2) is 0 Å². The van der Waals surface area contributed by atoms with Gasteiger partial charge < -0.3 is 19.9 Å². The lowest BCUT2D eigenvalue weighted by Crippen LogP contribution is -2.57. The number of rotatable bonds is 6. The monoisotopic (exact) mass is 286 g/mol. The number of nitrogens with zero attached hydrogens (tertiary/aromatic N) is 1. The van der Waals surface area contributed by atoms with Crippen LogP contribution in [0, 0.1) is 0 Å². The van der Waals surface area contributed by atoms with Gasteiger partial charge in [0.05, 0.1) is 26.4 Å². The van der Waals surface area contributed by atoms with Crippen LogP contribution < -0.4 is 5.32 Å². The predicted molar refractivity (Wildman–Crippen MR) is 70.4 cm³/mol. The maximum absolute atomic E-state index is 11.9. The zero-order chi connectivity index (χ0) is 14.5. The average molecular weight is 286 g/mol. The molecule has 2 rings (SSSR count). The number of hydrogen-bond acceptors (Lipinski definition) is 5. The largest absolute Gasteiger partial charge is 0.480 e. The Kier molecular flexibility index (Phi) is 5.33. The van der Waals surface area contributed by atoms with Gasteiger partial charge in [-0.15, -0.1) is 0 Å². The minimum atomic E-state index is -0.813. The van der Waals surface area contributed by atoms with E-state index >= 15 is 0 Å². The second-order valence-corrected chi connectivity index (χ2v) is 5.22. The summed E-state index contributed by atoms with van der Waals surface area (Å²) in [5, 5.41) is 11.8. The van der Waals surface area contributed by atoms with Crippen LogP contribution in [0.3, 0.4) is 0 Å². The Morgan fingerprint density at radius 3 is 2.65 bits per heavy atom. The molecule has 0 aromatic carbocycles. The third-order valence-corrected chi connectivity index (χ3v) is 3.83. The minimum Gasteiger partial charge on any atom is -0.480 e. The van der Waals surface area contributed by atoms with Gasteiger partial charge in [0.15, 0.2) is 6.10 Å². The van der Waals surface area contributed by atoms with Crippen LogP contribution in [0.5, 0.6) is 0 Å². The molecule has 20 heavy (non-hydrogen) atoms. The molecule has 2 aliphatic rings. The van der Waals surface area contributed by atoms with E-state index in [4.69, 9.17) is 14.6 Å². The summed E-state index contributed by atoms with van der Waals surface area (Å²) in [7, 11) is 0. The second kappa shape index (κ2) is 7.01. The first-order valence-corrected chi connectivity index (χ1v) is 7.05. The lowest BCUT2D eigenvalue weighted by atomic mass is 9.85. The van der Waals surface area contributed by atoms with Gasteiger partial charge in [0.1, 0.15) is 0 Å². The van der Waals surface area contributed by atoms with Crippen LogP contribution in [0.1, 0.15) is 19.8 Å². The lowest BCUT2D eigenvalue weighted by Gasteiger charge is -2.42. The number of amides is 1. The van der Waals surface area contributed by atoms with E-state index in [1.54, 1.807) is 0 Å². The fourth-order valence-corrected chi connectivity index (χ4v) is 2.61. The number of carbonyl (C=O) groups excluding carboxylic acids is 1. The molecule has 1 saturated carbocycles. The highest BCUT2D eigenvalue weighted by Gasteiger charge is 2.36. The summed E-state index contributed by atoms with van der Waals surface area (Å²) in [5.74, 6) is -0.943. The Morgan fingerprint density at radius 2 is 2.10 bits per heavy atom. The fraction of sp³-hybridized carbons (Fsp3) is 0.846. The van der Waals surface area contributed by atoms with E-state index in [0.29, 0.717) is 26.4 Å². The molecule has 2 N–H and O–H groups in total. The number of hydrogen-bond donors (Lipinski definition) is 2. The average Bonchev–Trinajstić information content (AvgIpc) is 2.40. The van der Waals surface area contributed by atoms with Crippen LogP contribution in [-0.4, -0.2) is 73.0 Å². The topological polar surface area (TPSA) is 88.1 Å². The van der Waals surface area contributed by atoms with Crippen molar-refractivity contribution in [2.75, 3.05) is 32.9 Å². The number of nitrogens with one attached hydrogen (secondary N) is 1. The van der Waals surface area contributed by atoms with E-state index in [2.05, 4.69) is 5.32 Å². The van der Waals surface area contributed by atoms with Crippen LogP contribution in [0.25, 0.3) is 0 Å². The number of carbonyl (C=O) groups is 2. The molecule has 0 radical (unpaired) electrons. The zero-order valence-corrected chi connectivity index (χ0v) is 11.7. The molecule has 114 valence electrons. The van der Waals surface area contributed by atoms with Gasteiger partial charge in [-0.3, -0.25) is 14.5 Å². The highest BCUT2D eigenvalue weighted by Crippen LogP contribution is 2.25. The van der Waals surface area contributed by atoms with Gasteiger partial charge in [0.25, 0.3) is 5.91 Å². The first-order chi connectivity index (χ1) is 9.60. The highest BCUT2D eigenvalue weighted by atomic mass is 16.6. The molecule has 7 heteroatoms. The van der Waals surface area contributed by atoms with Gasteiger partial charge >= 0.3 is 5.97 Å². The second-order valence-electron chi connectivity index (χ2n) is 5.22. The van der Waals surface area contributed by atoms with Crippen molar-refractivity contribution in [3.8, 4) is 0 Å². The standard InChI is InChI=1S/C13H22N2O5/c1-2-15(7-12(16)17)10-5-9(6-10)14-13(18)11-8-19-3-4-20-11/h9-11H,2-8H2,1H3,(H,14,18)(H,16,17). The van der Waals surface area contributed by atoms with Crippen LogP contribution in [0.2, 0.25) is 0 Å². The van der Waals surface area contributed by atoms with Gasteiger partial charge in [0.2, 0.25) is 0 Å². The first-order valence-electron chi connectivity index (χ1n) is 7.05. The molecule has 1 atom stereocenters. The van der Waals surface area contributed by atoms with Gasteiger partial charge in [-0.05, 0) is 19.4 Å². The van der Waals surface area contributed by atoms with Crippen molar-refractivity contribution in [1.29, 1.82) is 0 Å². The maximum atomic E-state index is 11.9. The third-order valence-electron chi connectivity index (χ3n) is 3.83. The molecule has 1 aliphatic carbocycles. The minimum absolute atomic E-state index is 0.0570. The molecule has 0 bridgehead atoms. The SMILES string of the molecule is CCN(CC(=O)O)C1CC(NC(=O)C2COCCO2)C1. The summed E-state index contributed by atoms with van der Waals surface area (Å²) in [4.78, 5) is 24.6. The zero-order valence-electron chi connectivity index (χ0n) is 11.7. The van der Waals surface area contributed by atoms with Crippen molar-refractivity contribution in [3.05, 3.63) is 0 Å². The number of carboxylic acid groups (broad SMARTS) is 1. The van der Waals surface area contributed by atoms with Crippen molar-refractivity contribution in [3.63, 3.8) is 0 Å². The van der Waals surface area contributed by atoms with Gasteiger partial charge in [-0.1, -0.05) is 6.92 Å². The molecule has 0 aromatic rings. The Hall–Kier alpha value is -1.18. The summed E-state index contributed by atoms with van der Waals surface area (Å²) in [6.45, 7) is 4.01. The van der Waals surface area contributed by atoms with E-state index in [1.807, 2.05) is 11.8 Å². The normalized spacial score (nSPS) is 29.8. The number of aliphatic carboxylic acids is 1. The molecule has 7 nitrogen and oxygen atoms in total. The number of likely N-dealkylation sites (N-methyl/N-ethyl adjacent to an activating group) is 1. The van der Waals surface area contributed by atoms with Crippen molar-refractivity contribution >= 4 is 11.9 Å². The van der Waals surface area contributed by atoms with Crippen LogP contribution in [-0.2, 0) is 19.1 Å². The molecule has 0 spiro atoms. The van der Waals surface area contributed by atoms with Gasteiger partial charge in [0, 0.05) is 12.1 Å². The molecule has 0 aromatic heterocycles. The van der Waals surface area contributed by atoms with Crippen molar-refractivity contribution in [1.82, 2.24) is 10.2 Å². The summed E-state index contributed by atoms with van der Waals surface area (Å²) in [6, 6.07) is 0.353. The van der Waals surface area contributed by atoms with E-state index in [1.165, 1.54) is 0 Å². The Morgan fingerprint density at radius 1 is 1.35 bits per heavy atom. The summed E-state index contributed by atoms with van der Waals surface area (Å²) in [5.41, 5.74) is 0. The third kappa shape index (κ3) is 3.91. The summed E-state index contributed by atoms with van der Waals surface area (Å²) < 4.78 is 10.5. The molecular weight excluding hydrogens is 264 g/mol. The maximum Gasteiger partial charge on any atom is 0.317 e. The van der Waals surface area contributed by atoms with E-state index in [0.717, 1.165) is 12.8 Å². The van der Waals surface area contributed by atoms with Gasteiger partial charge in [-0.2, -0.15) is 0 Å². The van der Waals surface area contributed by atoms with Crippen LogP contribution in [0.4, 0.5) is 0 Å². The lowest BCUT2D eigenvalue weighted by molar-refractivity contribution is -0.149. The smallest absolute Gasteiger partial charge is 0.317 e. The van der Waals surface area contributed by atoms with Crippen molar-refractivity contribution in [2.45, 2.75) is 38.0 Å². The highest BCUT2D eigenvalue weighted by molar-refractivity contribution is 5.81. The summed E-state index contributed by atoms with van der Waals surface area (Å²) >= 11 is 0. The van der Waals surface area contributed by atoms with Gasteiger partial charge in [-0.25, -0.2) is 0 Å². The number of ether oxygens (including phenoxy) is 2. The predicted octanol–water partition coefficient (Wildman–Crippen LogP) is -0.544. The van der Waals surface area contributed by atoms with E-state index in [9.17, 15) is 9.59 Å². The molecule has 1 heterocycles. The molecular formula is C13H22N2O5.